The zero-order valence-corrected chi connectivity index (χ0v) is 21.5. The van der Waals surface area contributed by atoms with Crippen LogP contribution < -0.4 is 4.18 Å². The van der Waals surface area contributed by atoms with Crippen LogP contribution in [0.15, 0.2) is 47.1 Å². The average Bonchev–Trinajstić information content (AvgIpc) is 3.08. The van der Waals surface area contributed by atoms with Gasteiger partial charge in [0, 0.05) is 24.2 Å². The van der Waals surface area contributed by atoms with Gasteiger partial charge in [0.05, 0.1) is 0 Å². The summed E-state index contributed by atoms with van der Waals surface area (Å²) in [5.74, 6) is 5.97. The predicted molar refractivity (Wildman–Crippen MR) is 131 cm³/mol. The van der Waals surface area contributed by atoms with Crippen molar-refractivity contribution in [3.05, 3.63) is 52.6 Å². The Labute approximate surface area is 214 Å². The third kappa shape index (κ3) is 4.13. The van der Waals surface area contributed by atoms with Crippen LogP contribution in [0.3, 0.4) is 0 Å². The predicted octanol–water partition coefficient (Wildman–Crippen LogP) is 5.57. The molecule has 3 fully saturated rings. The molecule has 0 radical (unpaired) electrons. The number of alkyl halides is 3. The highest BCUT2D eigenvalue weighted by Gasteiger charge is 2.62. The molecule has 3 saturated carbocycles. The molecule has 1 aromatic carbocycles. The van der Waals surface area contributed by atoms with Crippen LogP contribution in [0.1, 0.15) is 70.3 Å². The molecule has 4 aliphatic carbocycles. The van der Waals surface area contributed by atoms with Gasteiger partial charge < -0.3 is 9.29 Å². The van der Waals surface area contributed by atoms with Gasteiger partial charge in [-0.2, -0.15) is 21.6 Å². The van der Waals surface area contributed by atoms with Gasteiger partial charge in [0.1, 0.15) is 17.1 Å². The Morgan fingerprint density at radius 3 is 2.51 bits per heavy atom. The SMILES string of the molecule is CC#C[C@]1(O)CC[C@H]2[C@@H]3CC=C4CC(=O)CCC4=C3[C@@H](c3ccc(OS(=O)(=O)C(F)(F)F)cc3)C[C@@]21C. The van der Waals surface area contributed by atoms with Crippen molar-refractivity contribution in [3.8, 4) is 17.6 Å². The smallest absolute Gasteiger partial charge is 0.377 e. The lowest BCUT2D eigenvalue weighted by Gasteiger charge is -2.53. The van der Waals surface area contributed by atoms with Crippen LogP contribution in [-0.4, -0.2) is 30.4 Å². The van der Waals surface area contributed by atoms with E-state index >= 15 is 0 Å². The molecular formula is C28H29F3O5S. The first kappa shape index (κ1) is 26.1. The minimum atomic E-state index is -5.77. The number of hydrogen-bond donors (Lipinski definition) is 1. The first-order valence-electron chi connectivity index (χ1n) is 12.5. The molecule has 5 atom stereocenters. The van der Waals surface area contributed by atoms with Crippen molar-refractivity contribution in [1.82, 2.24) is 0 Å². The first-order valence-corrected chi connectivity index (χ1v) is 13.9. The maximum Gasteiger partial charge on any atom is 0.534 e. The van der Waals surface area contributed by atoms with Crippen LogP contribution in [-0.2, 0) is 14.9 Å². The van der Waals surface area contributed by atoms with E-state index in [0.717, 1.165) is 24.0 Å². The standard InChI is InChI=1S/C28H29F3O5S/c1-3-13-27(33)14-12-24-22-10-6-18-15-19(32)7-11-21(18)25(22)23(16-26(24,27)2)17-4-8-20(9-5-17)36-37(34,35)28(29,30)31/h4-6,8-9,22-24,33H,7,10-12,14-16H2,1-2H3/t22-,23+,24-,26-,27-/m0/s1. The molecule has 198 valence electrons. The van der Waals surface area contributed by atoms with Crippen LogP contribution in [0.5, 0.6) is 5.75 Å². The Morgan fingerprint density at radius 2 is 1.86 bits per heavy atom. The van der Waals surface area contributed by atoms with Crippen LogP contribution in [0, 0.1) is 29.1 Å². The highest BCUT2D eigenvalue weighted by Crippen LogP contribution is 2.66. The Hall–Kier alpha value is -2.57. The molecule has 5 rings (SSSR count). The molecule has 0 unspecified atom stereocenters. The molecule has 0 amide bonds. The molecule has 0 heterocycles. The van der Waals surface area contributed by atoms with Gasteiger partial charge in [0.2, 0.25) is 0 Å². The van der Waals surface area contributed by atoms with Crippen LogP contribution >= 0.6 is 0 Å². The Bertz CT molecular complexity index is 1360. The van der Waals surface area contributed by atoms with Crippen molar-refractivity contribution in [1.29, 1.82) is 0 Å². The molecule has 0 aliphatic heterocycles. The maximum atomic E-state index is 12.8. The third-order valence-corrected chi connectivity index (χ3v) is 9.95. The molecule has 37 heavy (non-hydrogen) atoms. The summed E-state index contributed by atoms with van der Waals surface area (Å²) in [4.78, 5) is 12.2. The van der Waals surface area contributed by atoms with E-state index in [-0.39, 0.29) is 23.5 Å². The molecule has 9 heteroatoms. The normalized spacial score (nSPS) is 33.5. The fourth-order valence-corrected chi connectivity index (χ4v) is 7.70. The van der Waals surface area contributed by atoms with Gasteiger partial charge in [-0.1, -0.05) is 36.6 Å². The second kappa shape index (κ2) is 8.74. The Morgan fingerprint density at radius 1 is 1.16 bits per heavy atom. The van der Waals surface area contributed by atoms with Crippen LogP contribution in [0.2, 0.25) is 0 Å². The molecule has 0 spiro atoms. The van der Waals surface area contributed by atoms with E-state index in [1.54, 1.807) is 19.1 Å². The molecule has 4 aliphatic rings. The number of rotatable bonds is 3. The van der Waals surface area contributed by atoms with Gasteiger partial charge in [0.25, 0.3) is 0 Å². The lowest BCUT2D eigenvalue weighted by molar-refractivity contribution is -0.118. The molecule has 0 aromatic heterocycles. The quantitative estimate of drug-likeness (QED) is 0.312. The summed E-state index contributed by atoms with van der Waals surface area (Å²) < 4.78 is 65.5. The van der Waals surface area contributed by atoms with Crippen molar-refractivity contribution < 1.29 is 35.7 Å². The Kier molecular flexibility index (Phi) is 6.15. The number of carbonyl (C=O) groups is 1. The van der Waals surface area contributed by atoms with Gasteiger partial charge >= 0.3 is 15.6 Å². The fourth-order valence-electron chi connectivity index (χ4n) is 7.24. The van der Waals surface area contributed by atoms with Gasteiger partial charge in [-0.15, -0.1) is 5.92 Å². The highest BCUT2D eigenvalue weighted by atomic mass is 32.2. The second-order valence-electron chi connectivity index (χ2n) is 10.8. The summed E-state index contributed by atoms with van der Waals surface area (Å²) in [5.41, 5.74) is -2.88. The molecule has 1 aromatic rings. The highest BCUT2D eigenvalue weighted by molar-refractivity contribution is 7.88. The average molecular weight is 535 g/mol. The van der Waals surface area contributed by atoms with Crippen LogP contribution in [0.25, 0.3) is 0 Å². The van der Waals surface area contributed by atoms with E-state index in [4.69, 9.17) is 0 Å². The van der Waals surface area contributed by atoms with Gasteiger partial charge in [0.15, 0.2) is 0 Å². The van der Waals surface area contributed by atoms with Gasteiger partial charge in [-0.3, -0.25) is 4.79 Å². The minimum Gasteiger partial charge on any atom is -0.377 e. The summed E-state index contributed by atoms with van der Waals surface area (Å²) in [6.07, 6.45) is 6.46. The van der Waals surface area contributed by atoms with Gasteiger partial charge in [-0.25, -0.2) is 0 Å². The number of allylic oxidation sites excluding steroid dienone is 4. The summed E-state index contributed by atoms with van der Waals surface area (Å²) in [6.45, 7) is 3.80. The van der Waals surface area contributed by atoms with Crippen LogP contribution in [0.4, 0.5) is 13.2 Å². The maximum absolute atomic E-state index is 12.8. The zero-order chi connectivity index (χ0) is 26.8. The van der Waals surface area contributed by atoms with Crippen molar-refractivity contribution in [2.45, 2.75) is 75.8 Å². The van der Waals surface area contributed by atoms with E-state index in [2.05, 4.69) is 29.0 Å². The first-order chi connectivity index (χ1) is 17.3. The molecular weight excluding hydrogens is 505 g/mol. The topological polar surface area (TPSA) is 80.7 Å². The number of fused-ring (bicyclic) bond motifs is 4. The lowest BCUT2D eigenvalue weighted by Crippen LogP contribution is -2.50. The molecule has 1 N–H and O–H groups in total. The molecule has 0 saturated heterocycles. The summed E-state index contributed by atoms with van der Waals surface area (Å²) in [7, 11) is -5.77. The lowest BCUT2D eigenvalue weighted by atomic mass is 9.51. The number of carbonyl (C=O) groups excluding carboxylic acids is 1. The summed E-state index contributed by atoms with van der Waals surface area (Å²) in [5, 5.41) is 11.7. The Balaban J connectivity index is 1.58. The number of Topliss-reactive ketones (excluding diaryl/α,β-unsaturated/α-hetero) is 1. The minimum absolute atomic E-state index is 0.157. The summed E-state index contributed by atoms with van der Waals surface area (Å²) >= 11 is 0. The number of benzene rings is 1. The molecule has 5 nitrogen and oxygen atoms in total. The number of ketones is 1. The monoisotopic (exact) mass is 534 g/mol. The van der Waals surface area contributed by atoms with E-state index in [1.165, 1.54) is 23.3 Å². The zero-order valence-electron chi connectivity index (χ0n) is 20.7. The number of halogens is 3. The van der Waals surface area contributed by atoms with Crippen molar-refractivity contribution in [2.75, 3.05) is 0 Å². The van der Waals surface area contributed by atoms with Crippen molar-refractivity contribution >= 4 is 15.9 Å². The van der Waals surface area contributed by atoms with Gasteiger partial charge in [-0.05, 0) is 79.7 Å². The second-order valence-corrected chi connectivity index (χ2v) is 12.4. The summed E-state index contributed by atoms with van der Waals surface area (Å²) in [6, 6.07) is 5.69. The van der Waals surface area contributed by atoms with E-state index in [9.17, 15) is 31.5 Å². The van der Waals surface area contributed by atoms with E-state index < -0.39 is 32.4 Å². The number of aliphatic hydroxyl groups is 1. The number of hydrogen-bond acceptors (Lipinski definition) is 5. The van der Waals surface area contributed by atoms with E-state index in [0.29, 0.717) is 32.1 Å². The molecule has 0 bridgehead atoms. The van der Waals surface area contributed by atoms with E-state index in [1.807, 2.05) is 0 Å². The van der Waals surface area contributed by atoms with Crippen molar-refractivity contribution in [2.24, 2.45) is 17.3 Å². The largest absolute Gasteiger partial charge is 0.534 e. The van der Waals surface area contributed by atoms with Crippen molar-refractivity contribution in [3.63, 3.8) is 0 Å². The fraction of sp³-hybridized carbons (Fsp3) is 0.536. The third-order valence-electron chi connectivity index (χ3n) is 8.97.